The summed E-state index contributed by atoms with van der Waals surface area (Å²) in [4.78, 5) is 36.3. The summed E-state index contributed by atoms with van der Waals surface area (Å²) < 4.78 is 0. The molecule has 2 aliphatic rings. The lowest BCUT2D eigenvalue weighted by molar-refractivity contribution is -0.128. The van der Waals surface area contributed by atoms with Gasteiger partial charge < -0.3 is 20.6 Å². The molecule has 3 atom stereocenters. The molecule has 8 nitrogen and oxygen atoms in total. The zero-order chi connectivity index (χ0) is 27.4. The standard InChI is InChI=1S/C30H43N5O3/c1-30(2,3)20-11-13-22(14-12-20)35(29(38)25-17-23(36)18-32-25)27(24-19-31-16-15-26(24)34(4)5)28(37)33-21-9-7-6-8-10-21/h11-16,19,21,23,25,27,32,36H,6-10,17-18H2,1-5H3,(H,33,37)/t23-,25-,27?/m1/s1. The zero-order valence-corrected chi connectivity index (χ0v) is 23.4. The van der Waals surface area contributed by atoms with Crippen LogP contribution in [0.2, 0.25) is 0 Å². The van der Waals surface area contributed by atoms with Crippen LogP contribution in [-0.4, -0.2) is 60.7 Å². The Morgan fingerprint density at radius 3 is 2.34 bits per heavy atom. The Morgan fingerprint density at radius 2 is 1.76 bits per heavy atom. The molecule has 1 aliphatic heterocycles. The maximum Gasteiger partial charge on any atom is 0.248 e. The number of carbonyl (C=O) groups excluding carboxylic acids is 2. The van der Waals surface area contributed by atoms with Crippen LogP contribution in [0.5, 0.6) is 0 Å². The Balaban J connectivity index is 1.83. The Bertz CT molecular complexity index is 1110. The van der Waals surface area contributed by atoms with E-state index in [1.54, 1.807) is 17.3 Å². The number of anilines is 2. The Morgan fingerprint density at radius 1 is 1.08 bits per heavy atom. The number of nitrogens with zero attached hydrogens (tertiary/aromatic N) is 3. The number of hydrogen-bond donors (Lipinski definition) is 3. The van der Waals surface area contributed by atoms with Gasteiger partial charge >= 0.3 is 0 Å². The highest BCUT2D eigenvalue weighted by Crippen LogP contribution is 2.35. The molecule has 1 aliphatic carbocycles. The second-order valence-corrected chi connectivity index (χ2v) is 11.9. The maximum atomic E-state index is 14.2. The summed E-state index contributed by atoms with van der Waals surface area (Å²) in [5, 5.41) is 16.6. The lowest BCUT2D eigenvalue weighted by atomic mass is 9.87. The van der Waals surface area contributed by atoms with Crippen molar-refractivity contribution >= 4 is 23.2 Å². The first-order chi connectivity index (χ1) is 18.1. The van der Waals surface area contributed by atoms with Crippen molar-refractivity contribution in [3.63, 3.8) is 0 Å². The normalized spacial score (nSPS) is 21.1. The van der Waals surface area contributed by atoms with E-state index in [1.165, 1.54) is 6.42 Å². The number of β-amino-alcohol motifs (C(OH)–C–C–N with tert-alkyl or cyclic N) is 1. The van der Waals surface area contributed by atoms with Gasteiger partial charge in [0.1, 0.15) is 6.04 Å². The summed E-state index contributed by atoms with van der Waals surface area (Å²) >= 11 is 0. The van der Waals surface area contributed by atoms with Crippen molar-refractivity contribution < 1.29 is 14.7 Å². The summed E-state index contributed by atoms with van der Waals surface area (Å²) in [6.45, 7) is 6.79. The number of aromatic nitrogens is 1. The molecule has 1 saturated heterocycles. The molecule has 2 aromatic rings. The van der Waals surface area contributed by atoms with Gasteiger partial charge in [0.05, 0.1) is 12.1 Å². The van der Waals surface area contributed by atoms with Gasteiger partial charge in [-0.1, -0.05) is 52.2 Å². The van der Waals surface area contributed by atoms with Crippen LogP contribution in [0, 0.1) is 0 Å². The fourth-order valence-electron chi connectivity index (χ4n) is 5.54. The van der Waals surface area contributed by atoms with E-state index in [4.69, 9.17) is 0 Å². The lowest BCUT2D eigenvalue weighted by Crippen LogP contribution is -2.51. The molecule has 0 radical (unpaired) electrons. The molecule has 2 amide bonds. The van der Waals surface area contributed by atoms with Crippen LogP contribution in [0.4, 0.5) is 11.4 Å². The molecule has 1 saturated carbocycles. The average molecular weight is 522 g/mol. The molecule has 3 N–H and O–H groups in total. The molecule has 0 bridgehead atoms. The Labute approximate surface area is 226 Å². The molecular formula is C30H43N5O3. The Hall–Kier alpha value is -2.97. The Kier molecular flexibility index (Phi) is 8.73. The SMILES string of the molecule is CN(C)c1ccncc1C(C(=O)NC1CCCCC1)N(C(=O)[C@H]1C[C@@H](O)CN1)c1ccc(C(C)(C)C)cc1. The van der Waals surface area contributed by atoms with E-state index in [0.29, 0.717) is 24.2 Å². The minimum Gasteiger partial charge on any atom is -0.392 e. The number of benzene rings is 1. The van der Waals surface area contributed by atoms with Crippen molar-refractivity contribution in [1.82, 2.24) is 15.6 Å². The smallest absolute Gasteiger partial charge is 0.248 e. The van der Waals surface area contributed by atoms with E-state index >= 15 is 0 Å². The maximum absolute atomic E-state index is 14.2. The molecule has 1 unspecified atom stereocenters. The number of amides is 2. The first kappa shape index (κ1) is 28.0. The van der Waals surface area contributed by atoms with Gasteiger partial charge in [0.2, 0.25) is 11.8 Å². The van der Waals surface area contributed by atoms with Gasteiger partial charge in [-0.3, -0.25) is 19.5 Å². The van der Waals surface area contributed by atoms with Gasteiger partial charge in [-0.25, -0.2) is 0 Å². The van der Waals surface area contributed by atoms with Crippen molar-refractivity contribution in [1.29, 1.82) is 0 Å². The predicted molar refractivity (Wildman–Crippen MR) is 151 cm³/mol. The number of rotatable bonds is 7. The fourth-order valence-corrected chi connectivity index (χ4v) is 5.54. The molecule has 0 spiro atoms. The van der Waals surface area contributed by atoms with Crippen molar-refractivity contribution in [3.05, 3.63) is 53.9 Å². The number of carbonyl (C=O) groups is 2. The molecule has 206 valence electrons. The largest absolute Gasteiger partial charge is 0.392 e. The number of nitrogens with one attached hydrogen (secondary N) is 2. The molecule has 1 aromatic heterocycles. The van der Waals surface area contributed by atoms with E-state index in [2.05, 4.69) is 36.4 Å². The van der Waals surface area contributed by atoms with Gasteiger partial charge in [-0.15, -0.1) is 0 Å². The summed E-state index contributed by atoms with van der Waals surface area (Å²) in [5.74, 6) is -0.442. The summed E-state index contributed by atoms with van der Waals surface area (Å²) in [6, 6.07) is 8.36. The number of pyridine rings is 1. The summed E-state index contributed by atoms with van der Waals surface area (Å²) in [6.07, 6.45) is 8.35. The molecular weight excluding hydrogens is 478 g/mol. The third-order valence-corrected chi connectivity index (χ3v) is 7.72. The topological polar surface area (TPSA) is 97.8 Å². The minimum absolute atomic E-state index is 0.0519. The first-order valence-electron chi connectivity index (χ1n) is 13.8. The molecule has 1 aromatic carbocycles. The fraction of sp³-hybridized carbons (Fsp3) is 0.567. The highest BCUT2D eigenvalue weighted by molar-refractivity contribution is 6.04. The molecule has 2 fully saturated rings. The summed E-state index contributed by atoms with van der Waals surface area (Å²) in [7, 11) is 3.85. The third kappa shape index (κ3) is 6.35. The predicted octanol–water partition coefficient (Wildman–Crippen LogP) is 3.69. The highest BCUT2D eigenvalue weighted by atomic mass is 16.3. The van der Waals surface area contributed by atoms with Gasteiger partial charge in [0, 0.05) is 56.0 Å². The van der Waals surface area contributed by atoms with Crippen LogP contribution >= 0.6 is 0 Å². The summed E-state index contributed by atoms with van der Waals surface area (Å²) in [5.41, 5.74) is 3.22. The van der Waals surface area contributed by atoms with E-state index in [1.807, 2.05) is 49.3 Å². The lowest BCUT2D eigenvalue weighted by Gasteiger charge is -2.36. The highest BCUT2D eigenvalue weighted by Gasteiger charge is 2.40. The third-order valence-electron chi connectivity index (χ3n) is 7.72. The number of hydrogen-bond acceptors (Lipinski definition) is 6. The molecule has 8 heteroatoms. The molecule has 38 heavy (non-hydrogen) atoms. The van der Waals surface area contributed by atoms with Gasteiger partial charge in [-0.05, 0) is 48.4 Å². The molecule has 4 rings (SSSR count). The van der Waals surface area contributed by atoms with Gasteiger partial charge in [0.25, 0.3) is 0 Å². The van der Waals surface area contributed by atoms with Crippen LogP contribution < -0.4 is 20.4 Å². The van der Waals surface area contributed by atoms with Crippen LogP contribution in [0.25, 0.3) is 0 Å². The van der Waals surface area contributed by atoms with Gasteiger partial charge in [-0.2, -0.15) is 0 Å². The minimum atomic E-state index is -0.921. The van der Waals surface area contributed by atoms with Crippen LogP contribution in [0.15, 0.2) is 42.7 Å². The van der Waals surface area contributed by atoms with E-state index in [0.717, 1.165) is 36.9 Å². The second kappa shape index (κ2) is 11.8. The van der Waals surface area contributed by atoms with E-state index < -0.39 is 18.2 Å². The van der Waals surface area contributed by atoms with Crippen molar-refractivity contribution in [2.24, 2.45) is 0 Å². The number of aliphatic hydroxyl groups is 1. The van der Waals surface area contributed by atoms with Crippen LogP contribution in [0.3, 0.4) is 0 Å². The van der Waals surface area contributed by atoms with Gasteiger partial charge in [0.15, 0.2) is 0 Å². The van der Waals surface area contributed by atoms with Crippen molar-refractivity contribution in [2.45, 2.75) is 88.9 Å². The average Bonchev–Trinajstić information content (AvgIpc) is 3.33. The quantitative estimate of drug-likeness (QED) is 0.514. The monoisotopic (exact) mass is 521 g/mol. The van der Waals surface area contributed by atoms with E-state index in [-0.39, 0.29) is 23.3 Å². The molecule has 2 heterocycles. The zero-order valence-electron chi connectivity index (χ0n) is 23.4. The first-order valence-corrected chi connectivity index (χ1v) is 13.8. The number of aliphatic hydroxyl groups excluding tert-OH is 1. The van der Waals surface area contributed by atoms with Crippen LogP contribution in [0.1, 0.15) is 76.5 Å². The van der Waals surface area contributed by atoms with Crippen molar-refractivity contribution in [2.75, 3.05) is 30.4 Å². The second-order valence-electron chi connectivity index (χ2n) is 11.9. The van der Waals surface area contributed by atoms with Crippen LogP contribution in [-0.2, 0) is 15.0 Å². The van der Waals surface area contributed by atoms with Crippen molar-refractivity contribution in [3.8, 4) is 0 Å². The van der Waals surface area contributed by atoms with E-state index in [9.17, 15) is 14.7 Å².